The minimum absolute atomic E-state index is 0.0170. The van der Waals surface area contributed by atoms with Crippen LogP contribution in [0, 0.1) is 0 Å². The second kappa shape index (κ2) is 7.38. The van der Waals surface area contributed by atoms with Crippen LogP contribution in [0.25, 0.3) is 0 Å². The molecule has 3 aromatic rings. The molecule has 1 aliphatic heterocycles. The van der Waals surface area contributed by atoms with Gasteiger partial charge in [-0.15, -0.1) is 0 Å². The number of aryl methyl sites for hydroxylation is 2. The lowest BCUT2D eigenvalue weighted by Crippen LogP contribution is -2.49. The number of aromatic hydroxyl groups is 1. The van der Waals surface area contributed by atoms with Crippen LogP contribution in [0.4, 0.5) is 0 Å². The first-order valence-electron chi connectivity index (χ1n) is 10.7. The fourth-order valence-corrected chi connectivity index (χ4v) is 5.08. The Morgan fingerprint density at radius 3 is 2.13 bits per heavy atom. The number of rotatable bonds is 2. The van der Waals surface area contributed by atoms with E-state index in [2.05, 4.69) is 41.5 Å². The molecule has 0 fully saturated rings. The number of hydrogen-bond acceptors (Lipinski definition) is 4. The fourth-order valence-electron chi connectivity index (χ4n) is 5.08. The molecule has 0 bridgehead atoms. The average Bonchev–Trinajstić information content (AvgIpc) is 2.93. The zero-order valence-electron chi connectivity index (χ0n) is 17.7. The quantitative estimate of drug-likeness (QED) is 0.697. The number of fused-ring (bicyclic) bond motifs is 3. The predicted molar refractivity (Wildman–Crippen MR) is 118 cm³/mol. The van der Waals surface area contributed by atoms with Crippen LogP contribution < -0.4 is 5.43 Å². The molecule has 1 aromatic heterocycles. The minimum atomic E-state index is -0.634. The molecule has 0 saturated heterocycles. The number of benzene rings is 2. The first kappa shape index (κ1) is 19.5. The van der Waals surface area contributed by atoms with Crippen LogP contribution in [-0.2, 0) is 12.8 Å². The smallest absolute Gasteiger partial charge is 0.276 e. The second-order valence-electron chi connectivity index (χ2n) is 8.64. The van der Waals surface area contributed by atoms with Gasteiger partial charge in [0.15, 0.2) is 11.4 Å². The molecule has 2 aromatic carbocycles. The lowest BCUT2D eigenvalue weighted by atomic mass is 9.81. The first-order valence-corrected chi connectivity index (χ1v) is 10.7. The zero-order chi connectivity index (χ0) is 21.7. The average molecular weight is 415 g/mol. The molecule has 31 heavy (non-hydrogen) atoms. The largest absolute Gasteiger partial charge is 0.502 e. The van der Waals surface area contributed by atoms with Crippen LogP contribution in [0.1, 0.15) is 58.5 Å². The van der Waals surface area contributed by atoms with Crippen LogP contribution >= 0.6 is 0 Å². The highest BCUT2D eigenvalue weighted by atomic mass is 16.3. The first-order chi connectivity index (χ1) is 15.0. The number of carbonyl (C=O) groups excluding carboxylic acids is 1. The van der Waals surface area contributed by atoms with E-state index in [4.69, 9.17) is 0 Å². The molecule has 2 heterocycles. The van der Waals surface area contributed by atoms with Crippen LogP contribution in [0.3, 0.4) is 0 Å². The fraction of sp³-hybridized carbons (Fsp3) is 0.320. The molecule has 1 amide bonds. The number of hydrogen-bond donors (Lipinski definition) is 1. The topological polar surface area (TPSA) is 75.4 Å². The standard InChI is InChI=1S/C25H25N3O3/c1-15(2)27-14-20(28-23(25(27)31)24(30)21(29)13-26-28)22-18-9-5-3-7-16(18)11-12-17-8-4-6-10-19(17)22/h3-10,13,15,20,22,30H,11-12,14H2,1-2H3. The molecule has 5 rings (SSSR count). The van der Waals surface area contributed by atoms with Crippen molar-refractivity contribution in [2.24, 2.45) is 0 Å². The van der Waals surface area contributed by atoms with Gasteiger partial charge in [-0.05, 0) is 48.9 Å². The van der Waals surface area contributed by atoms with E-state index < -0.39 is 11.2 Å². The molecule has 0 spiro atoms. The van der Waals surface area contributed by atoms with Gasteiger partial charge in [-0.1, -0.05) is 48.5 Å². The van der Waals surface area contributed by atoms with Crippen LogP contribution in [0.2, 0.25) is 0 Å². The van der Waals surface area contributed by atoms with E-state index in [0.717, 1.165) is 19.0 Å². The Morgan fingerprint density at radius 1 is 0.968 bits per heavy atom. The highest BCUT2D eigenvalue weighted by molar-refractivity contribution is 5.96. The third kappa shape index (κ3) is 3.05. The molecular weight excluding hydrogens is 390 g/mol. The van der Waals surface area contributed by atoms with E-state index in [9.17, 15) is 14.7 Å². The van der Waals surface area contributed by atoms with Gasteiger partial charge >= 0.3 is 0 Å². The third-order valence-electron chi connectivity index (χ3n) is 6.60. The van der Waals surface area contributed by atoms with Crippen molar-refractivity contribution in [2.75, 3.05) is 6.54 Å². The molecule has 6 heteroatoms. The molecular formula is C25H25N3O3. The molecule has 0 radical (unpaired) electrons. The van der Waals surface area contributed by atoms with E-state index >= 15 is 0 Å². The number of nitrogens with zero attached hydrogens (tertiary/aromatic N) is 3. The van der Waals surface area contributed by atoms with Crippen molar-refractivity contribution in [3.63, 3.8) is 0 Å². The summed E-state index contributed by atoms with van der Waals surface area (Å²) in [6.07, 6.45) is 3.00. The van der Waals surface area contributed by atoms with Crippen LogP contribution in [-0.4, -0.2) is 38.3 Å². The van der Waals surface area contributed by atoms with Gasteiger partial charge in [0.25, 0.3) is 5.91 Å². The van der Waals surface area contributed by atoms with Gasteiger partial charge in [0.2, 0.25) is 5.43 Å². The number of amides is 1. The lowest BCUT2D eigenvalue weighted by molar-refractivity contribution is 0.0570. The molecule has 1 unspecified atom stereocenters. The summed E-state index contributed by atoms with van der Waals surface area (Å²) in [7, 11) is 0. The molecule has 1 N–H and O–H groups in total. The molecule has 158 valence electrons. The van der Waals surface area contributed by atoms with Gasteiger partial charge in [-0.2, -0.15) is 5.10 Å². The Bertz CT molecular complexity index is 1180. The monoisotopic (exact) mass is 415 g/mol. The summed E-state index contributed by atoms with van der Waals surface area (Å²) >= 11 is 0. The molecule has 0 saturated carbocycles. The second-order valence-corrected chi connectivity index (χ2v) is 8.64. The van der Waals surface area contributed by atoms with Crippen molar-refractivity contribution < 1.29 is 9.90 Å². The van der Waals surface area contributed by atoms with Crippen molar-refractivity contribution in [1.29, 1.82) is 0 Å². The molecule has 6 nitrogen and oxygen atoms in total. The van der Waals surface area contributed by atoms with Crippen molar-refractivity contribution >= 4 is 5.91 Å². The van der Waals surface area contributed by atoms with Gasteiger partial charge in [0.1, 0.15) is 0 Å². The van der Waals surface area contributed by atoms with Crippen molar-refractivity contribution in [3.05, 3.63) is 92.9 Å². The maximum atomic E-state index is 13.2. The predicted octanol–water partition coefficient (Wildman–Crippen LogP) is 3.28. The van der Waals surface area contributed by atoms with Gasteiger partial charge < -0.3 is 10.0 Å². The summed E-state index contributed by atoms with van der Waals surface area (Å²) in [6, 6.07) is 16.5. The van der Waals surface area contributed by atoms with Gasteiger partial charge in [0, 0.05) is 18.5 Å². The van der Waals surface area contributed by atoms with E-state index in [-0.39, 0.29) is 29.6 Å². The minimum Gasteiger partial charge on any atom is -0.502 e. The Hall–Kier alpha value is -3.41. The van der Waals surface area contributed by atoms with Gasteiger partial charge in [-0.3, -0.25) is 14.3 Å². The van der Waals surface area contributed by atoms with Crippen molar-refractivity contribution in [3.8, 4) is 5.75 Å². The summed E-state index contributed by atoms with van der Waals surface area (Å²) in [5.74, 6) is -0.938. The maximum absolute atomic E-state index is 13.2. The van der Waals surface area contributed by atoms with E-state index in [1.165, 1.54) is 22.3 Å². The Labute approximate surface area is 180 Å². The summed E-state index contributed by atoms with van der Waals surface area (Å²) in [5, 5.41) is 14.9. The molecule has 2 aliphatic rings. The zero-order valence-corrected chi connectivity index (χ0v) is 17.7. The van der Waals surface area contributed by atoms with E-state index in [1.807, 2.05) is 26.0 Å². The third-order valence-corrected chi connectivity index (χ3v) is 6.60. The SMILES string of the molecule is CC(C)N1CC(C2c3ccccc3CCc3ccccc32)n2ncc(=O)c(O)c2C1=O. The summed E-state index contributed by atoms with van der Waals surface area (Å²) in [4.78, 5) is 27.1. The van der Waals surface area contributed by atoms with Crippen molar-refractivity contribution in [1.82, 2.24) is 14.7 Å². The van der Waals surface area contributed by atoms with E-state index in [0.29, 0.717) is 6.54 Å². The molecule has 1 atom stereocenters. The highest BCUT2D eigenvalue weighted by Crippen LogP contribution is 2.43. The maximum Gasteiger partial charge on any atom is 0.276 e. The summed E-state index contributed by atoms with van der Waals surface area (Å²) in [5.41, 5.74) is 4.33. The lowest BCUT2D eigenvalue weighted by Gasteiger charge is -2.41. The Morgan fingerprint density at radius 2 is 1.55 bits per heavy atom. The van der Waals surface area contributed by atoms with Gasteiger partial charge in [0.05, 0.1) is 12.2 Å². The van der Waals surface area contributed by atoms with Crippen LogP contribution in [0.15, 0.2) is 59.5 Å². The Balaban J connectivity index is 1.79. The summed E-state index contributed by atoms with van der Waals surface area (Å²) in [6.45, 7) is 4.35. The highest BCUT2D eigenvalue weighted by Gasteiger charge is 2.41. The normalized spacial score (nSPS) is 18.4. The van der Waals surface area contributed by atoms with E-state index in [1.54, 1.807) is 9.58 Å². The summed E-state index contributed by atoms with van der Waals surface area (Å²) < 4.78 is 1.58. The van der Waals surface area contributed by atoms with Crippen molar-refractivity contribution in [2.45, 2.75) is 44.7 Å². The number of carbonyl (C=O) groups is 1. The Kier molecular flexibility index (Phi) is 4.65. The molecule has 1 aliphatic carbocycles. The van der Waals surface area contributed by atoms with Crippen LogP contribution in [0.5, 0.6) is 5.75 Å². The van der Waals surface area contributed by atoms with Gasteiger partial charge in [-0.25, -0.2) is 0 Å². The number of aromatic nitrogens is 2.